The van der Waals surface area contributed by atoms with Gasteiger partial charge in [0.1, 0.15) is 0 Å². The van der Waals surface area contributed by atoms with Crippen LogP contribution in [0.1, 0.15) is 36.0 Å². The van der Waals surface area contributed by atoms with Crippen molar-refractivity contribution in [3.8, 4) is 0 Å². The second-order valence-electron chi connectivity index (χ2n) is 5.91. The van der Waals surface area contributed by atoms with E-state index < -0.39 is 4.92 Å². The molecule has 2 saturated heterocycles. The molecule has 2 heterocycles. The van der Waals surface area contributed by atoms with Crippen LogP contribution in [0.2, 0.25) is 0 Å². The number of fused-ring (bicyclic) bond motifs is 4. The Bertz CT molecular complexity index is 522. The van der Waals surface area contributed by atoms with Gasteiger partial charge < -0.3 is 4.90 Å². The molecule has 0 unspecified atom stereocenters. The van der Waals surface area contributed by atoms with E-state index in [1.807, 2.05) is 0 Å². The molecule has 20 heavy (non-hydrogen) atoms. The van der Waals surface area contributed by atoms with Crippen LogP contribution in [0, 0.1) is 22.0 Å². The van der Waals surface area contributed by atoms with Crippen LogP contribution in [-0.2, 0) is 0 Å². The van der Waals surface area contributed by atoms with Crippen LogP contribution in [0.3, 0.4) is 0 Å². The molecular formula is C15H18N2O3. The van der Waals surface area contributed by atoms with Crippen molar-refractivity contribution < 1.29 is 9.72 Å². The first-order valence-electron chi connectivity index (χ1n) is 7.16. The molecule has 0 spiro atoms. The Kier molecular flexibility index (Phi) is 3.42. The van der Waals surface area contributed by atoms with Crippen LogP contribution in [0.4, 0.5) is 11.4 Å². The maximum Gasteiger partial charge on any atom is 0.270 e. The molecule has 5 heteroatoms. The standard InChI is InChI=1S/C15H18N2O3/c18-10-13-7-14(17(19)20)5-6-15(13)16-8-11-1-2-12(9-16)4-3-11/h5-7,10-12H,1-4,8-9H2. The van der Waals surface area contributed by atoms with Gasteiger partial charge in [-0.05, 0) is 43.6 Å². The SMILES string of the molecule is O=Cc1cc([N+](=O)[O-])ccc1N1CC2CCC(CC2)C1. The van der Waals surface area contributed by atoms with Crippen molar-refractivity contribution in [3.63, 3.8) is 0 Å². The van der Waals surface area contributed by atoms with Crippen LogP contribution in [0.25, 0.3) is 0 Å². The largest absolute Gasteiger partial charge is 0.370 e. The minimum atomic E-state index is -0.455. The molecule has 0 amide bonds. The summed E-state index contributed by atoms with van der Waals surface area (Å²) in [5.74, 6) is 1.40. The number of aldehydes is 1. The molecular weight excluding hydrogens is 256 g/mol. The lowest BCUT2D eigenvalue weighted by Crippen LogP contribution is -2.29. The fraction of sp³-hybridized carbons (Fsp3) is 0.533. The molecule has 1 aromatic carbocycles. The molecule has 106 valence electrons. The molecule has 2 aliphatic heterocycles. The van der Waals surface area contributed by atoms with Gasteiger partial charge in [0.25, 0.3) is 5.69 Å². The predicted octanol–water partition coefficient (Wildman–Crippen LogP) is 3.03. The second-order valence-corrected chi connectivity index (χ2v) is 5.91. The van der Waals surface area contributed by atoms with Gasteiger partial charge in [-0.25, -0.2) is 0 Å². The van der Waals surface area contributed by atoms with Gasteiger partial charge in [0, 0.05) is 36.5 Å². The number of rotatable bonds is 3. The number of hydrogen-bond donors (Lipinski definition) is 0. The minimum absolute atomic E-state index is 0.0198. The summed E-state index contributed by atoms with van der Waals surface area (Å²) in [5, 5.41) is 10.8. The summed E-state index contributed by atoms with van der Waals surface area (Å²) in [6.45, 7) is 1.93. The lowest BCUT2D eigenvalue weighted by molar-refractivity contribution is -0.384. The van der Waals surface area contributed by atoms with E-state index in [0.29, 0.717) is 17.4 Å². The van der Waals surface area contributed by atoms with E-state index in [1.165, 1.54) is 37.8 Å². The summed E-state index contributed by atoms with van der Waals surface area (Å²) in [6, 6.07) is 4.61. The van der Waals surface area contributed by atoms with Gasteiger partial charge in [-0.1, -0.05) is 0 Å². The average Bonchev–Trinajstić information content (AvgIpc) is 2.79. The third-order valence-electron chi connectivity index (χ3n) is 4.61. The number of benzene rings is 1. The lowest BCUT2D eigenvalue weighted by Gasteiger charge is -2.26. The summed E-state index contributed by atoms with van der Waals surface area (Å²) in [6.07, 6.45) is 5.80. The maximum absolute atomic E-state index is 11.3. The number of nitro benzene ring substituents is 1. The summed E-state index contributed by atoms with van der Waals surface area (Å²) < 4.78 is 0. The summed E-state index contributed by atoms with van der Waals surface area (Å²) in [7, 11) is 0. The van der Waals surface area contributed by atoms with Crippen molar-refractivity contribution in [1.29, 1.82) is 0 Å². The lowest BCUT2D eigenvalue weighted by atomic mass is 9.84. The molecule has 0 N–H and O–H groups in total. The number of nitrogens with zero attached hydrogens (tertiary/aromatic N) is 2. The zero-order chi connectivity index (χ0) is 14.1. The molecule has 1 aliphatic carbocycles. The Labute approximate surface area is 117 Å². The molecule has 1 saturated carbocycles. The van der Waals surface area contributed by atoms with Crippen molar-refractivity contribution in [2.24, 2.45) is 11.8 Å². The Balaban J connectivity index is 1.93. The summed E-state index contributed by atoms with van der Waals surface area (Å²) >= 11 is 0. The highest BCUT2D eigenvalue weighted by Crippen LogP contribution is 2.37. The number of nitro groups is 1. The minimum Gasteiger partial charge on any atom is -0.370 e. The van der Waals surface area contributed by atoms with Gasteiger partial charge in [-0.3, -0.25) is 14.9 Å². The first kappa shape index (κ1) is 13.1. The third-order valence-corrected chi connectivity index (χ3v) is 4.61. The van der Waals surface area contributed by atoms with Crippen molar-refractivity contribution in [2.75, 3.05) is 18.0 Å². The van der Waals surface area contributed by atoms with Crippen LogP contribution in [0.15, 0.2) is 18.2 Å². The van der Waals surface area contributed by atoms with Gasteiger partial charge in [0.05, 0.1) is 4.92 Å². The van der Waals surface area contributed by atoms with Gasteiger partial charge in [0.2, 0.25) is 0 Å². The Morgan fingerprint density at radius 1 is 1.15 bits per heavy atom. The molecule has 0 radical (unpaired) electrons. The van der Waals surface area contributed by atoms with Gasteiger partial charge in [-0.15, -0.1) is 0 Å². The average molecular weight is 274 g/mol. The van der Waals surface area contributed by atoms with E-state index in [4.69, 9.17) is 0 Å². The van der Waals surface area contributed by atoms with E-state index in [0.717, 1.165) is 25.1 Å². The van der Waals surface area contributed by atoms with Crippen molar-refractivity contribution in [3.05, 3.63) is 33.9 Å². The predicted molar refractivity (Wildman–Crippen MR) is 76.1 cm³/mol. The monoisotopic (exact) mass is 274 g/mol. The first-order chi connectivity index (χ1) is 9.67. The van der Waals surface area contributed by atoms with Gasteiger partial charge in [-0.2, -0.15) is 0 Å². The number of hydrogen-bond acceptors (Lipinski definition) is 4. The van der Waals surface area contributed by atoms with Crippen molar-refractivity contribution in [1.82, 2.24) is 0 Å². The number of carbonyl (C=O) groups is 1. The maximum atomic E-state index is 11.3. The van der Waals surface area contributed by atoms with Crippen LogP contribution in [0.5, 0.6) is 0 Å². The van der Waals surface area contributed by atoms with E-state index in [1.54, 1.807) is 6.07 Å². The highest BCUT2D eigenvalue weighted by molar-refractivity contribution is 5.86. The number of anilines is 1. The van der Waals surface area contributed by atoms with E-state index in [9.17, 15) is 14.9 Å². The highest BCUT2D eigenvalue weighted by Gasteiger charge is 2.30. The van der Waals surface area contributed by atoms with Crippen LogP contribution >= 0.6 is 0 Å². The van der Waals surface area contributed by atoms with E-state index >= 15 is 0 Å². The third kappa shape index (κ3) is 2.40. The number of carbonyl (C=O) groups excluding carboxylic acids is 1. The van der Waals surface area contributed by atoms with Crippen LogP contribution < -0.4 is 4.90 Å². The smallest absolute Gasteiger partial charge is 0.270 e. The number of non-ortho nitro benzene ring substituents is 1. The quantitative estimate of drug-likeness (QED) is 0.483. The summed E-state index contributed by atoms with van der Waals surface area (Å²) in [4.78, 5) is 23.9. The zero-order valence-corrected chi connectivity index (χ0v) is 11.3. The molecule has 1 aromatic rings. The van der Waals surface area contributed by atoms with Gasteiger partial charge in [0.15, 0.2) is 6.29 Å². The fourth-order valence-electron chi connectivity index (χ4n) is 3.53. The molecule has 2 bridgehead atoms. The first-order valence-corrected chi connectivity index (χ1v) is 7.16. The molecule has 3 fully saturated rings. The van der Waals surface area contributed by atoms with Crippen LogP contribution in [-0.4, -0.2) is 24.3 Å². The van der Waals surface area contributed by atoms with E-state index in [2.05, 4.69) is 4.90 Å². The highest BCUT2D eigenvalue weighted by atomic mass is 16.6. The molecule has 0 aromatic heterocycles. The van der Waals surface area contributed by atoms with Crippen molar-refractivity contribution >= 4 is 17.7 Å². The second kappa shape index (κ2) is 5.23. The zero-order valence-electron chi connectivity index (χ0n) is 11.3. The van der Waals surface area contributed by atoms with Gasteiger partial charge >= 0.3 is 0 Å². The normalized spacial score (nSPS) is 25.3. The fourth-order valence-corrected chi connectivity index (χ4v) is 3.53. The summed E-state index contributed by atoms with van der Waals surface area (Å²) in [5.41, 5.74) is 1.26. The van der Waals surface area contributed by atoms with E-state index in [-0.39, 0.29) is 5.69 Å². The topological polar surface area (TPSA) is 63.4 Å². The van der Waals surface area contributed by atoms with Crippen molar-refractivity contribution in [2.45, 2.75) is 25.7 Å². The molecule has 0 atom stereocenters. The Morgan fingerprint density at radius 2 is 1.75 bits per heavy atom. The Morgan fingerprint density at radius 3 is 2.25 bits per heavy atom. The molecule has 3 aliphatic rings. The molecule has 4 rings (SSSR count). The molecule has 5 nitrogen and oxygen atoms in total. The Hall–Kier alpha value is -1.91.